The number of nitrogens with one attached hydrogen (secondary N) is 1. The van der Waals surface area contributed by atoms with Crippen molar-refractivity contribution < 1.29 is 14.2 Å². The summed E-state index contributed by atoms with van der Waals surface area (Å²) in [5.74, 6) is 0. The summed E-state index contributed by atoms with van der Waals surface area (Å²) in [6.07, 6.45) is 6.43. The molecule has 0 amide bonds. The van der Waals surface area contributed by atoms with Crippen molar-refractivity contribution >= 4 is 0 Å². The molecule has 0 saturated carbocycles. The van der Waals surface area contributed by atoms with E-state index in [1.54, 1.807) is 0 Å². The summed E-state index contributed by atoms with van der Waals surface area (Å²) in [7, 11) is 0. The van der Waals surface area contributed by atoms with Gasteiger partial charge in [0, 0.05) is 13.2 Å². The Hall–Kier alpha value is -0.160. The summed E-state index contributed by atoms with van der Waals surface area (Å²) in [6, 6.07) is 0. The van der Waals surface area contributed by atoms with Crippen molar-refractivity contribution in [1.29, 1.82) is 0 Å². The lowest BCUT2D eigenvalue weighted by Crippen LogP contribution is -2.28. The second kappa shape index (κ2) is 11.6. The maximum atomic E-state index is 5.92. The Morgan fingerprint density at radius 3 is 2.58 bits per heavy atom. The van der Waals surface area contributed by atoms with E-state index in [2.05, 4.69) is 19.2 Å². The Labute approximate surface area is 118 Å². The molecule has 1 aliphatic heterocycles. The zero-order valence-corrected chi connectivity index (χ0v) is 12.7. The van der Waals surface area contributed by atoms with Gasteiger partial charge in [0.2, 0.25) is 0 Å². The molecule has 0 aromatic rings. The summed E-state index contributed by atoms with van der Waals surface area (Å²) in [6.45, 7) is 9.36. The smallest absolute Gasteiger partial charge is 0.0813 e. The van der Waals surface area contributed by atoms with Crippen LogP contribution < -0.4 is 5.32 Å². The average Bonchev–Trinajstić information content (AvgIpc) is 2.86. The van der Waals surface area contributed by atoms with Gasteiger partial charge in [-0.3, -0.25) is 0 Å². The van der Waals surface area contributed by atoms with E-state index in [0.717, 1.165) is 39.0 Å². The van der Waals surface area contributed by atoms with Gasteiger partial charge in [-0.15, -0.1) is 0 Å². The van der Waals surface area contributed by atoms with Gasteiger partial charge >= 0.3 is 0 Å². The third kappa shape index (κ3) is 8.58. The first-order chi connectivity index (χ1) is 9.36. The highest BCUT2D eigenvalue weighted by molar-refractivity contribution is 4.75. The molecule has 0 aromatic heterocycles. The Morgan fingerprint density at radius 1 is 1.00 bits per heavy atom. The monoisotopic (exact) mass is 273 g/mol. The number of ether oxygens (including phenoxy) is 3. The van der Waals surface area contributed by atoms with Crippen LogP contribution in [0.2, 0.25) is 0 Å². The normalized spacial score (nSPS) is 23.1. The quantitative estimate of drug-likeness (QED) is 0.554. The minimum absolute atomic E-state index is 0.282. The second-order valence-corrected chi connectivity index (χ2v) is 5.20. The Morgan fingerprint density at radius 2 is 1.79 bits per heavy atom. The molecule has 19 heavy (non-hydrogen) atoms. The van der Waals surface area contributed by atoms with E-state index in [9.17, 15) is 0 Å². The molecular formula is C15H31NO3. The molecule has 114 valence electrons. The second-order valence-electron chi connectivity index (χ2n) is 5.20. The number of unbranched alkanes of at least 4 members (excludes halogenated alkanes) is 1. The standard InChI is InChI=1S/C15H31NO3/c1-3-5-9-17-10-11-18-13-15-7-6-14(19-15)12-16-8-4-2/h14-16H,3-13H2,1-2H3. The van der Waals surface area contributed by atoms with E-state index in [1.807, 2.05) is 0 Å². The van der Waals surface area contributed by atoms with Gasteiger partial charge in [-0.1, -0.05) is 20.3 Å². The van der Waals surface area contributed by atoms with Crippen LogP contribution in [-0.2, 0) is 14.2 Å². The molecule has 2 atom stereocenters. The van der Waals surface area contributed by atoms with Gasteiger partial charge in [-0.05, 0) is 32.2 Å². The van der Waals surface area contributed by atoms with Crippen molar-refractivity contribution in [3.63, 3.8) is 0 Å². The van der Waals surface area contributed by atoms with Crippen LogP contribution in [0.3, 0.4) is 0 Å². The van der Waals surface area contributed by atoms with Gasteiger partial charge in [0.05, 0.1) is 32.0 Å². The molecule has 1 N–H and O–H groups in total. The molecule has 1 rings (SSSR count). The summed E-state index contributed by atoms with van der Waals surface area (Å²) in [5, 5.41) is 3.41. The van der Waals surface area contributed by atoms with E-state index in [1.165, 1.54) is 12.8 Å². The highest BCUT2D eigenvalue weighted by Gasteiger charge is 2.24. The third-order valence-electron chi connectivity index (χ3n) is 3.31. The van der Waals surface area contributed by atoms with Crippen LogP contribution in [0.5, 0.6) is 0 Å². The van der Waals surface area contributed by atoms with Crippen molar-refractivity contribution in [2.45, 2.75) is 58.2 Å². The van der Waals surface area contributed by atoms with E-state index in [0.29, 0.717) is 25.9 Å². The van der Waals surface area contributed by atoms with Crippen molar-refractivity contribution in [3.05, 3.63) is 0 Å². The fourth-order valence-corrected chi connectivity index (χ4v) is 2.17. The molecule has 0 radical (unpaired) electrons. The van der Waals surface area contributed by atoms with Crippen molar-refractivity contribution in [2.24, 2.45) is 0 Å². The van der Waals surface area contributed by atoms with Gasteiger partial charge < -0.3 is 19.5 Å². The highest BCUT2D eigenvalue weighted by Crippen LogP contribution is 2.19. The van der Waals surface area contributed by atoms with Gasteiger partial charge in [-0.25, -0.2) is 0 Å². The minimum Gasteiger partial charge on any atom is -0.379 e. The van der Waals surface area contributed by atoms with Crippen LogP contribution in [0.1, 0.15) is 46.0 Å². The fraction of sp³-hybridized carbons (Fsp3) is 1.00. The summed E-state index contributed by atoms with van der Waals surface area (Å²) in [5.41, 5.74) is 0. The first kappa shape index (κ1) is 16.9. The zero-order valence-electron chi connectivity index (χ0n) is 12.7. The van der Waals surface area contributed by atoms with Crippen LogP contribution >= 0.6 is 0 Å². The molecule has 4 nitrogen and oxygen atoms in total. The maximum Gasteiger partial charge on any atom is 0.0813 e. The Kier molecular flexibility index (Phi) is 10.4. The van der Waals surface area contributed by atoms with Crippen molar-refractivity contribution in [3.8, 4) is 0 Å². The molecule has 1 fully saturated rings. The molecule has 0 aliphatic carbocycles. The predicted molar refractivity (Wildman–Crippen MR) is 77.6 cm³/mol. The molecule has 0 bridgehead atoms. The summed E-state index contributed by atoms with van der Waals surface area (Å²) < 4.78 is 17.0. The van der Waals surface area contributed by atoms with Gasteiger partial charge in [0.1, 0.15) is 0 Å². The van der Waals surface area contributed by atoms with Crippen LogP contribution in [0, 0.1) is 0 Å². The number of hydrogen-bond donors (Lipinski definition) is 1. The van der Waals surface area contributed by atoms with E-state index < -0.39 is 0 Å². The van der Waals surface area contributed by atoms with Crippen LogP contribution in [0.25, 0.3) is 0 Å². The molecule has 2 unspecified atom stereocenters. The van der Waals surface area contributed by atoms with Gasteiger partial charge in [0.15, 0.2) is 0 Å². The first-order valence-electron chi connectivity index (χ1n) is 7.88. The average molecular weight is 273 g/mol. The zero-order chi connectivity index (χ0) is 13.8. The third-order valence-corrected chi connectivity index (χ3v) is 3.31. The lowest BCUT2D eigenvalue weighted by Gasteiger charge is -2.14. The highest BCUT2D eigenvalue weighted by atomic mass is 16.6. The summed E-state index contributed by atoms with van der Waals surface area (Å²) in [4.78, 5) is 0. The lowest BCUT2D eigenvalue weighted by molar-refractivity contribution is -0.0285. The Balaban J connectivity index is 1.88. The van der Waals surface area contributed by atoms with E-state index in [4.69, 9.17) is 14.2 Å². The molecule has 4 heteroatoms. The van der Waals surface area contributed by atoms with E-state index in [-0.39, 0.29) is 6.10 Å². The molecule has 1 heterocycles. The lowest BCUT2D eigenvalue weighted by atomic mass is 10.2. The summed E-state index contributed by atoms with van der Waals surface area (Å²) >= 11 is 0. The topological polar surface area (TPSA) is 39.7 Å². The van der Waals surface area contributed by atoms with Gasteiger partial charge in [-0.2, -0.15) is 0 Å². The number of rotatable bonds is 12. The fourth-order valence-electron chi connectivity index (χ4n) is 2.17. The molecule has 1 aliphatic rings. The van der Waals surface area contributed by atoms with Gasteiger partial charge in [0.25, 0.3) is 0 Å². The predicted octanol–water partition coefficient (Wildman–Crippen LogP) is 2.37. The number of hydrogen-bond acceptors (Lipinski definition) is 4. The SMILES string of the molecule is CCCCOCCOCC1CCC(CNCCC)O1. The Bertz CT molecular complexity index is 202. The molecular weight excluding hydrogens is 242 g/mol. The van der Waals surface area contributed by atoms with Crippen LogP contribution in [0.4, 0.5) is 0 Å². The van der Waals surface area contributed by atoms with Crippen molar-refractivity contribution in [1.82, 2.24) is 5.32 Å². The van der Waals surface area contributed by atoms with Crippen molar-refractivity contribution in [2.75, 3.05) is 39.5 Å². The minimum atomic E-state index is 0.282. The molecule has 0 spiro atoms. The van der Waals surface area contributed by atoms with Crippen LogP contribution in [0.15, 0.2) is 0 Å². The maximum absolute atomic E-state index is 5.92. The van der Waals surface area contributed by atoms with Crippen LogP contribution in [-0.4, -0.2) is 51.7 Å². The molecule has 1 saturated heterocycles. The molecule has 0 aromatic carbocycles. The van der Waals surface area contributed by atoms with E-state index >= 15 is 0 Å². The first-order valence-corrected chi connectivity index (χ1v) is 7.88. The largest absolute Gasteiger partial charge is 0.379 e.